The van der Waals surface area contributed by atoms with Gasteiger partial charge in [-0.3, -0.25) is 14.5 Å². The molecule has 2 aromatic heterocycles. The summed E-state index contributed by atoms with van der Waals surface area (Å²) in [5.41, 5.74) is 9.26. The lowest BCUT2D eigenvalue weighted by molar-refractivity contribution is -0.142. The number of carbonyl (C=O) groups excluding carboxylic acids is 3. The molecule has 0 aliphatic rings. The van der Waals surface area contributed by atoms with Crippen LogP contribution in [0.4, 0.5) is 16.3 Å². The van der Waals surface area contributed by atoms with E-state index in [0.717, 1.165) is 31.4 Å². The third-order valence-electron chi connectivity index (χ3n) is 7.12. The highest BCUT2D eigenvalue weighted by Crippen LogP contribution is 2.20. The molecule has 2 heterocycles. The van der Waals surface area contributed by atoms with Gasteiger partial charge in [-0.15, -0.1) is 0 Å². The van der Waals surface area contributed by atoms with Gasteiger partial charge in [0.2, 0.25) is 0 Å². The number of ether oxygens (including phenoxy) is 2. The maximum Gasteiger partial charge on any atom is 0.435 e. The van der Waals surface area contributed by atoms with Crippen LogP contribution in [0.5, 0.6) is 0 Å². The fraction of sp³-hybridized carbons (Fsp3) is 0.353. The van der Waals surface area contributed by atoms with Gasteiger partial charge in [0.15, 0.2) is 0 Å². The lowest BCUT2D eigenvalue weighted by atomic mass is 10.1. The molecule has 0 aliphatic carbocycles. The SMILES string of the molecule is CCCCCCCOC(=O)N=C(N)c1ccc(NCc2nc3ccc(C(=O)N(CCC(=O)OCC)c4ccccn4)cc3[nH]2)cc1. The zero-order valence-corrected chi connectivity index (χ0v) is 26.3. The fourth-order valence-corrected chi connectivity index (χ4v) is 4.71. The molecule has 2 aromatic carbocycles. The van der Waals surface area contributed by atoms with Crippen LogP contribution >= 0.6 is 0 Å². The number of anilines is 2. The van der Waals surface area contributed by atoms with Crippen LogP contribution < -0.4 is 16.0 Å². The molecule has 4 N–H and O–H groups in total. The number of aliphatic imine (C=N–C) groups is 1. The average Bonchev–Trinajstić information content (AvgIpc) is 3.48. The molecular weight excluding hydrogens is 586 g/mol. The second-order valence-corrected chi connectivity index (χ2v) is 10.6. The molecule has 4 rings (SSSR count). The molecule has 4 aromatic rings. The van der Waals surface area contributed by atoms with Crippen molar-refractivity contribution in [3.63, 3.8) is 0 Å². The van der Waals surface area contributed by atoms with Crippen LogP contribution in [0.2, 0.25) is 0 Å². The van der Waals surface area contributed by atoms with Crippen molar-refractivity contribution in [2.75, 3.05) is 30.0 Å². The third-order valence-corrected chi connectivity index (χ3v) is 7.12. The Kier molecular flexibility index (Phi) is 12.6. The number of rotatable bonds is 16. The van der Waals surface area contributed by atoms with Gasteiger partial charge >= 0.3 is 12.1 Å². The van der Waals surface area contributed by atoms with Crippen LogP contribution in [-0.4, -0.2) is 58.5 Å². The molecule has 12 nitrogen and oxygen atoms in total. The molecule has 0 aliphatic heterocycles. The Morgan fingerprint density at radius 2 is 1.74 bits per heavy atom. The van der Waals surface area contributed by atoms with Gasteiger partial charge in [-0.1, -0.05) is 38.7 Å². The minimum atomic E-state index is -0.689. The maximum atomic E-state index is 13.5. The number of amidine groups is 1. The van der Waals surface area contributed by atoms with E-state index in [0.29, 0.717) is 47.0 Å². The summed E-state index contributed by atoms with van der Waals surface area (Å²) in [7, 11) is 0. The smallest absolute Gasteiger partial charge is 0.435 e. The Morgan fingerprint density at radius 3 is 2.48 bits per heavy atom. The Bertz CT molecular complexity index is 1620. The highest BCUT2D eigenvalue weighted by atomic mass is 16.5. The number of aromatic nitrogens is 3. The first-order valence-electron chi connectivity index (χ1n) is 15.6. The number of hydrogen-bond donors (Lipinski definition) is 3. The number of carbonyl (C=O) groups is 3. The van der Waals surface area contributed by atoms with Gasteiger partial charge in [0.1, 0.15) is 17.5 Å². The molecule has 0 fully saturated rings. The summed E-state index contributed by atoms with van der Waals surface area (Å²) >= 11 is 0. The van der Waals surface area contributed by atoms with Gasteiger partial charge in [-0.2, -0.15) is 4.99 Å². The first-order chi connectivity index (χ1) is 22.4. The summed E-state index contributed by atoms with van der Waals surface area (Å²) in [4.78, 5) is 55.1. The number of aromatic amines is 1. The minimum absolute atomic E-state index is 0.0461. The first kappa shape index (κ1) is 33.6. The Labute approximate surface area is 268 Å². The summed E-state index contributed by atoms with van der Waals surface area (Å²) in [5.74, 6) is 0.530. The van der Waals surface area contributed by atoms with Crippen molar-refractivity contribution in [2.45, 2.75) is 58.9 Å². The first-order valence-corrected chi connectivity index (χ1v) is 15.6. The van der Waals surface area contributed by atoms with Crippen LogP contribution in [0.3, 0.4) is 0 Å². The quantitative estimate of drug-likeness (QED) is 0.0586. The zero-order valence-electron chi connectivity index (χ0n) is 26.3. The van der Waals surface area contributed by atoms with Crippen LogP contribution in [-0.2, 0) is 20.8 Å². The van der Waals surface area contributed by atoms with E-state index >= 15 is 0 Å². The van der Waals surface area contributed by atoms with Crippen molar-refractivity contribution in [1.29, 1.82) is 0 Å². The van der Waals surface area contributed by atoms with E-state index in [9.17, 15) is 14.4 Å². The number of hydrogen-bond acceptors (Lipinski definition) is 8. The Hall–Kier alpha value is -5.26. The molecule has 0 atom stereocenters. The summed E-state index contributed by atoms with van der Waals surface area (Å²) in [6, 6.07) is 17.7. The number of fused-ring (bicyclic) bond motifs is 1. The van der Waals surface area contributed by atoms with Gasteiger partial charge < -0.3 is 25.5 Å². The molecule has 2 amide bonds. The van der Waals surface area contributed by atoms with Gasteiger partial charge in [-0.25, -0.2) is 14.8 Å². The zero-order chi connectivity index (χ0) is 32.7. The topological polar surface area (TPSA) is 165 Å². The predicted octanol–water partition coefficient (Wildman–Crippen LogP) is 5.98. The number of amides is 2. The van der Waals surface area contributed by atoms with Crippen LogP contribution in [0, 0.1) is 0 Å². The number of nitrogens with two attached hydrogens (primary N) is 1. The van der Waals surface area contributed by atoms with E-state index in [-0.39, 0.29) is 37.3 Å². The molecule has 0 saturated carbocycles. The average molecular weight is 628 g/mol. The minimum Gasteiger partial charge on any atom is -0.466 e. The normalized spacial score (nSPS) is 11.3. The number of imidazole rings is 1. The Morgan fingerprint density at radius 1 is 0.957 bits per heavy atom. The van der Waals surface area contributed by atoms with E-state index in [4.69, 9.17) is 15.2 Å². The van der Waals surface area contributed by atoms with Crippen LogP contribution in [0.1, 0.15) is 74.1 Å². The van der Waals surface area contributed by atoms with E-state index in [1.165, 1.54) is 11.3 Å². The molecular formula is C34H41N7O5. The molecule has 0 unspecified atom stereocenters. The predicted molar refractivity (Wildman–Crippen MR) is 178 cm³/mol. The number of nitrogens with one attached hydrogen (secondary N) is 2. The number of benzene rings is 2. The van der Waals surface area contributed by atoms with Crippen molar-refractivity contribution in [3.05, 3.63) is 83.8 Å². The number of H-pyrrole nitrogens is 1. The molecule has 12 heteroatoms. The molecule has 242 valence electrons. The summed E-state index contributed by atoms with van der Waals surface area (Å²) in [6.07, 6.45) is 6.27. The molecule has 0 spiro atoms. The van der Waals surface area contributed by atoms with Crippen molar-refractivity contribution in [1.82, 2.24) is 15.0 Å². The van der Waals surface area contributed by atoms with E-state index < -0.39 is 6.09 Å². The molecule has 0 saturated heterocycles. The summed E-state index contributed by atoms with van der Waals surface area (Å²) < 4.78 is 10.2. The summed E-state index contributed by atoms with van der Waals surface area (Å²) in [6.45, 7) is 5.03. The lowest BCUT2D eigenvalue weighted by Crippen LogP contribution is -2.34. The van der Waals surface area contributed by atoms with E-state index in [1.807, 2.05) is 12.1 Å². The van der Waals surface area contributed by atoms with Crippen LogP contribution in [0.15, 0.2) is 71.9 Å². The lowest BCUT2D eigenvalue weighted by Gasteiger charge is -2.21. The number of nitrogens with zero attached hydrogens (tertiary/aromatic N) is 4. The standard InChI is InChI=1S/C34H41N7O5/c1-3-5-6-7-10-21-46-34(44)40-32(35)24-12-15-26(16-13-24)37-23-29-38-27-17-14-25(22-28(27)39-29)33(43)41(20-18-31(42)45-4-2)30-11-8-9-19-36-30/h8-9,11-17,19,22,37H,3-7,10,18,20-21,23H2,1-2H3,(H,38,39)(H2,35,40,44). The number of unbranched alkanes of at least 4 members (excludes halogenated alkanes) is 4. The molecule has 46 heavy (non-hydrogen) atoms. The van der Waals surface area contributed by atoms with E-state index in [2.05, 4.69) is 32.2 Å². The molecule has 0 bridgehead atoms. The van der Waals surface area contributed by atoms with E-state index in [1.54, 1.807) is 61.7 Å². The monoisotopic (exact) mass is 627 g/mol. The Balaban J connectivity index is 1.35. The second-order valence-electron chi connectivity index (χ2n) is 10.6. The van der Waals surface area contributed by atoms with Gasteiger partial charge in [0.05, 0.1) is 37.2 Å². The van der Waals surface area contributed by atoms with Gasteiger partial charge in [-0.05, 0) is 67.9 Å². The van der Waals surface area contributed by atoms with Crippen molar-refractivity contribution >= 4 is 46.3 Å². The second kappa shape index (κ2) is 17.3. The highest BCUT2D eigenvalue weighted by Gasteiger charge is 2.21. The fourth-order valence-electron chi connectivity index (χ4n) is 4.71. The highest BCUT2D eigenvalue weighted by molar-refractivity contribution is 6.07. The van der Waals surface area contributed by atoms with Gasteiger partial charge in [0.25, 0.3) is 5.91 Å². The maximum absolute atomic E-state index is 13.5. The summed E-state index contributed by atoms with van der Waals surface area (Å²) in [5, 5.41) is 3.30. The van der Waals surface area contributed by atoms with Gasteiger partial charge in [0, 0.05) is 29.6 Å². The van der Waals surface area contributed by atoms with Crippen molar-refractivity contribution < 1.29 is 23.9 Å². The molecule has 0 radical (unpaired) electrons. The number of esters is 1. The largest absolute Gasteiger partial charge is 0.466 e. The number of pyridine rings is 1. The van der Waals surface area contributed by atoms with Crippen molar-refractivity contribution in [3.8, 4) is 0 Å². The van der Waals surface area contributed by atoms with Crippen molar-refractivity contribution in [2.24, 2.45) is 10.7 Å². The third kappa shape index (κ3) is 9.88. The van der Waals surface area contributed by atoms with Crippen LogP contribution in [0.25, 0.3) is 11.0 Å².